The van der Waals surface area contributed by atoms with Crippen molar-refractivity contribution in [2.75, 3.05) is 6.61 Å². The summed E-state index contributed by atoms with van der Waals surface area (Å²) >= 11 is 0. The van der Waals surface area contributed by atoms with E-state index in [-0.39, 0.29) is 41.1 Å². The van der Waals surface area contributed by atoms with Crippen LogP contribution in [0.5, 0.6) is 0 Å². The minimum atomic E-state index is -2.36. The second-order valence-corrected chi connectivity index (χ2v) is 15.6. The third-order valence-corrected chi connectivity index (χ3v) is 13.5. The lowest BCUT2D eigenvalue weighted by Crippen LogP contribution is -2.58. The second kappa shape index (κ2) is 11.3. The van der Waals surface area contributed by atoms with Gasteiger partial charge in [-0.2, -0.15) is 0 Å². The zero-order valence-electron chi connectivity index (χ0n) is 26.3. The summed E-state index contributed by atoms with van der Waals surface area (Å²) in [6.07, 6.45) is -2.35. The van der Waals surface area contributed by atoms with E-state index in [1.165, 1.54) is 0 Å². The number of carbonyl (C=O) groups is 3. The number of aliphatic hydroxyl groups excluding tert-OH is 4. The smallest absolute Gasteiger partial charge is 0.338 e. The van der Waals surface area contributed by atoms with Gasteiger partial charge in [-0.3, -0.25) is 4.79 Å². The summed E-state index contributed by atoms with van der Waals surface area (Å²) < 4.78 is 18.7. The van der Waals surface area contributed by atoms with Crippen molar-refractivity contribution in [1.82, 2.24) is 0 Å². The first-order valence-electron chi connectivity index (χ1n) is 16.6. The number of hydrogen-bond acceptors (Lipinski definition) is 10. The van der Waals surface area contributed by atoms with Gasteiger partial charge in [0.1, 0.15) is 24.1 Å². The first kappa shape index (κ1) is 32.3. The molecule has 11 heteroatoms. The van der Waals surface area contributed by atoms with Gasteiger partial charge in [0.15, 0.2) is 18.0 Å². The Hall–Kier alpha value is -1.63. The van der Waals surface area contributed by atoms with Crippen molar-refractivity contribution in [2.45, 2.75) is 128 Å². The molecule has 11 nitrogen and oxygen atoms in total. The van der Waals surface area contributed by atoms with Gasteiger partial charge in [-0.1, -0.05) is 27.7 Å². The zero-order chi connectivity index (χ0) is 31.9. The number of esters is 1. The minimum absolute atomic E-state index is 0.0358. The van der Waals surface area contributed by atoms with Gasteiger partial charge in [-0.15, -0.1) is 0 Å². The van der Waals surface area contributed by atoms with Crippen molar-refractivity contribution in [3.05, 3.63) is 0 Å². The van der Waals surface area contributed by atoms with E-state index < -0.39 is 53.7 Å². The molecule has 0 radical (unpaired) electrons. The number of aliphatic hydroxyl groups is 4. The molecule has 4 saturated carbocycles. The molecule has 248 valence electrons. The fraction of sp³-hybridized carbons (Fsp3) is 0.909. The van der Waals surface area contributed by atoms with E-state index >= 15 is 0 Å². The molecule has 6 aliphatic rings. The monoisotopic (exact) mass is 622 g/mol. The Balaban J connectivity index is 1.12. The summed E-state index contributed by atoms with van der Waals surface area (Å²) in [5.74, 6) is -1.20. The number of carbonyl (C=O) groups excluding carboxylic acids is 2. The number of fused-ring (bicyclic) bond motifs is 7. The maximum absolute atomic E-state index is 14.3. The van der Waals surface area contributed by atoms with Crippen molar-refractivity contribution in [1.29, 1.82) is 0 Å². The van der Waals surface area contributed by atoms with Crippen molar-refractivity contribution in [2.24, 2.45) is 52.3 Å². The Morgan fingerprint density at radius 1 is 0.932 bits per heavy atom. The molecule has 2 heterocycles. The standard InChI is InChI=1S/C33H50O11/c1-15-7-10-33(42-14-15)16(2)24-22(44-33)12-21-19-6-5-17-11-18(8-9-31(17,3)20(19)13-23(34)32(21,24)4)43-30(41)28(38)26(36)25(35)27(37)29(39)40/h15-22,24-28,35-38H,5-14H2,1-4H3,(H,39,40)/t15-,16+,17+,18+,19-,20+,21+,22+,24+,25+,26+,27+,28-,31+,32-,33-/m1/s1. The van der Waals surface area contributed by atoms with Gasteiger partial charge >= 0.3 is 11.9 Å². The molecule has 2 saturated heterocycles. The van der Waals surface area contributed by atoms with Crippen LogP contribution in [0.1, 0.15) is 85.5 Å². The molecular formula is C33H50O11. The van der Waals surface area contributed by atoms with Gasteiger partial charge in [-0.25, -0.2) is 9.59 Å². The van der Waals surface area contributed by atoms with Crippen LogP contribution < -0.4 is 0 Å². The fourth-order valence-electron chi connectivity index (χ4n) is 10.9. The first-order valence-corrected chi connectivity index (χ1v) is 16.6. The normalized spacial score (nSPS) is 49.2. The van der Waals surface area contributed by atoms with Crippen molar-refractivity contribution in [3.8, 4) is 0 Å². The van der Waals surface area contributed by atoms with Crippen LogP contribution in [0, 0.1) is 52.3 Å². The molecule has 0 unspecified atom stereocenters. The second-order valence-electron chi connectivity index (χ2n) is 15.6. The molecule has 6 fully saturated rings. The maximum Gasteiger partial charge on any atom is 0.338 e. The van der Waals surface area contributed by atoms with Crippen LogP contribution in [0.15, 0.2) is 0 Å². The van der Waals surface area contributed by atoms with Gasteiger partial charge in [0.05, 0.1) is 12.7 Å². The molecule has 4 aliphatic carbocycles. The van der Waals surface area contributed by atoms with Crippen LogP contribution in [-0.4, -0.2) is 92.3 Å². The van der Waals surface area contributed by atoms with Gasteiger partial charge in [-0.05, 0) is 80.0 Å². The minimum Gasteiger partial charge on any atom is -0.479 e. The van der Waals surface area contributed by atoms with Crippen LogP contribution in [0.25, 0.3) is 0 Å². The van der Waals surface area contributed by atoms with E-state index in [0.29, 0.717) is 43.5 Å². The number of Topliss-reactive ketones (excluding diaryl/α,β-unsaturated/α-hetero) is 1. The van der Waals surface area contributed by atoms with Crippen LogP contribution in [0.2, 0.25) is 0 Å². The predicted octanol–water partition coefficient (Wildman–Crippen LogP) is 2.05. The number of carboxylic acid groups (broad SMARTS) is 1. The molecule has 0 amide bonds. The molecule has 0 bridgehead atoms. The van der Waals surface area contributed by atoms with Gasteiger partial charge in [0.2, 0.25) is 0 Å². The van der Waals surface area contributed by atoms with E-state index in [0.717, 1.165) is 38.5 Å². The van der Waals surface area contributed by atoms with E-state index in [2.05, 4.69) is 27.7 Å². The lowest BCUT2D eigenvalue weighted by Gasteiger charge is -2.60. The number of hydrogen-bond donors (Lipinski definition) is 5. The fourth-order valence-corrected chi connectivity index (χ4v) is 10.9. The summed E-state index contributed by atoms with van der Waals surface area (Å²) in [6, 6.07) is 0. The average Bonchev–Trinajstić information content (AvgIpc) is 3.44. The van der Waals surface area contributed by atoms with E-state index in [4.69, 9.17) is 19.3 Å². The molecule has 2 aliphatic heterocycles. The molecule has 6 rings (SSSR count). The number of carboxylic acids is 1. The molecule has 16 atom stereocenters. The third-order valence-electron chi connectivity index (χ3n) is 13.5. The SMILES string of the molecule is C[C@@H]1CC[C@@]2(OC1)O[C@H]1C[C@H]3[C@@H]4CC[C@H]5C[C@@H](OC(=O)[C@H](O)[C@@H](O)[C@H](O)[C@H](O)C(=O)O)CC[C@]5(C)[C@H]4CC(=O)[C@]3(C)[C@H]1[C@@H]2C. The highest BCUT2D eigenvalue weighted by molar-refractivity contribution is 5.87. The van der Waals surface area contributed by atoms with Crippen LogP contribution >= 0.6 is 0 Å². The Bertz CT molecular complexity index is 1150. The summed E-state index contributed by atoms with van der Waals surface area (Å²) in [5.41, 5.74) is -0.524. The van der Waals surface area contributed by atoms with Gasteiger partial charge < -0.3 is 39.7 Å². The van der Waals surface area contributed by atoms with Crippen molar-refractivity contribution in [3.63, 3.8) is 0 Å². The lowest BCUT2D eigenvalue weighted by molar-refractivity contribution is -0.272. The highest BCUT2D eigenvalue weighted by Gasteiger charge is 2.71. The van der Waals surface area contributed by atoms with Gasteiger partial charge in [0, 0.05) is 30.1 Å². The zero-order valence-corrected chi connectivity index (χ0v) is 26.3. The Morgan fingerprint density at radius 2 is 1.64 bits per heavy atom. The topological polar surface area (TPSA) is 180 Å². The highest BCUT2D eigenvalue weighted by atomic mass is 16.7. The van der Waals surface area contributed by atoms with E-state index in [1.807, 2.05) is 0 Å². The number of rotatable bonds is 6. The first-order chi connectivity index (χ1) is 20.6. The predicted molar refractivity (Wildman–Crippen MR) is 154 cm³/mol. The largest absolute Gasteiger partial charge is 0.479 e. The number of ether oxygens (including phenoxy) is 3. The van der Waals surface area contributed by atoms with Gasteiger partial charge in [0.25, 0.3) is 0 Å². The van der Waals surface area contributed by atoms with E-state index in [1.54, 1.807) is 0 Å². The van der Waals surface area contributed by atoms with Crippen LogP contribution in [-0.2, 0) is 28.6 Å². The molecule has 1 spiro atoms. The Kier molecular flexibility index (Phi) is 8.27. The summed E-state index contributed by atoms with van der Waals surface area (Å²) in [4.78, 5) is 37.8. The molecule has 0 aromatic rings. The molecular weight excluding hydrogens is 572 g/mol. The summed E-state index contributed by atoms with van der Waals surface area (Å²) in [7, 11) is 0. The molecule has 5 N–H and O–H groups in total. The average molecular weight is 623 g/mol. The van der Waals surface area contributed by atoms with Crippen LogP contribution in [0.4, 0.5) is 0 Å². The molecule has 0 aromatic heterocycles. The van der Waals surface area contributed by atoms with Crippen molar-refractivity contribution < 1.29 is 54.1 Å². The van der Waals surface area contributed by atoms with E-state index in [9.17, 15) is 34.8 Å². The number of aliphatic carboxylic acids is 1. The third kappa shape index (κ3) is 4.78. The molecule has 0 aromatic carbocycles. The molecule has 44 heavy (non-hydrogen) atoms. The Morgan fingerprint density at radius 3 is 2.30 bits per heavy atom. The number of ketones is 1. The highest BCUT2D eigenvalue weighted by Crippen LogP contribution is 2.70. The lowest BCUT2D eigenvalue weighted by atomic mass is 9.44. The summed E-state index contributed by atoms with van der Waals surface area (Å²) in [6.45, 7) is 9.64. The van der Waals surface area contributed by atoms with Crippen molar-refractivity contribution >= 4 is 17.7 Å². The van der Waals surface area contributed by atoms with Crippen LogP contribution in [0.3, 0.4) is 0 Å². The Labute approximate surface area is 258 Å². The summed E-state index contributed by atoms with van der Waals surface area (Å²) in [5, 5.41) is 48.5. The maximum atomic E-state index is 14.3. The quantitative estimate of drug-likeness (QED) is 0.274.